The minimum Gasteiger partial charge on any atom is -0.478 e. The van der Waals surface area contributed by atoms with Gasteiger partial charge in [-0.2, -0.15) is 0 Å². The first-order chi connectivity index (χ1) is 6.13. The first-order valence-corrected chi connectivity index (χ1v) is 4.01. The van der Waals surface area contributed by atoms with Crippen molar-refractivity contribution in [3.05, 3.63) is 48.1 Å². The van der Waals surface area contributed by atoms with Gasteiger partial charge in [0.05, 0.1) is 0 Å². The molecule has 0 aliphatic heterocycles. The zero-order chi connectivity index (χ0) is 10.1. The number of hydrogen-bond acceptors (Lipinski definition) is 1. The van der Waals surface area contributed by atoms with Crippen LogP contribution in [-0.2, 0) is 4.79 Å². The SMILES string of the molecule is CC(C)=CC=CC=CC=CC(=O)O. The maximum atomic E-state index is 10.0. The lowest BCUT2D eigenvalue weighted by molar-refractivity contribution is -0.131. The van der Waals surface area contributed by atoms with Crippen LogP contribution in [0.2, 0.25) is 0 Å². The Balaban J connectivity index is 3.82. The van der Waals surface area contributed by atoms with Crippen molar-refractivity contribution in [1.82, 2.24) is 0 Å². The fraction of sp³-hybridized carbons (Fsp3) is 0.182. The van der Waals surface area contributed by atoms with Gasteiger partial charge in [0.1, 0.15) is 0 Å². The number of aliphatic carboxylic acids is 1. The average molecular weight is 178 g/mol. The van der Waals surface area contributed by atoms with Crippen LogP contribution < -0.4 is 0 Å². The second-order valence-electron chi connectivity index (χ2n) is 2.71. The standard InChI is InChI=1S/C11H14O2/c1-10(2)8-6-4-3-5-7-9-11(12)13/h3-9H,1-2H3,(H,12,13). The Labute approximate surface area is 78.6 Å². The molecule has 0 radical (unpaired) electrons. The number of carbonyl (C=O) groups is 1. The largest absolute Gasteiger partial charge is 0.478 e. The molecule has 0 aromatic carbocycles. The van der Waals surface area contributed by atoms with E-state index in [0.717, 1.165) is 6.08 Å². The molecule has 0 saturated heterocycles. The summed E-state index contributed by atoms with van der Waals surface area (Å²) in [5.74, 6) is -0.932. The first kappa shape index (κ1) is 11.4. The molecule has 0 aliphatic rings. The van der Waals surface area contributed by atoms with Gasteiger partial charge in [-0.05, 0) is 13.8 Å². The predicted molar refractivity (Wildman–Crippen MR) is 54.5 cm³/mol. The van der Waals surface area contributed by atoms with Gasteiger partial charge in [0.2, 0.25) is 0 Å². The molecule has 0 saturated carbocycles. The van der Waals surface area contributed by atoms with Gasteiger partial charge in [-0.1, -0.05) is 42.0 Å². The molecule has 70 valence electrons. The zero-order valence-electron chi connectivity index (χ0n) is 7.90. The molecule has 0 rings (SSSR count). The van der Waals surface area contributed by atoms with E-state index in [1.807, 2.05) is 32.1 Å². The summed E-state index contributed by atoms with van der Waals surface area (Å²) in [7, 11) is 0. The molecule has 0 amide bonds. The smallest absolute Gasteiger partial charge is 0.328 e. The number of rotatable bonds is 4. The van der Waals surface area contributed by atoms with Crippen molar-refractivity contribution in [2.45, 2.75) is 13.8 Å². The van der Waals surface area contributed by atoms with Crippen molar-refractivity contribution in [3.8, 4) is 0 Å². The maximum Gasteiger partial charge on any atom is 0.328 e. The molecule has 0 spiro atoms. The van der Waals surface area contributed by atoms with Crippen LogP contribution in [0.15, 0.2) is 48.1 Å². The van der Waals surface area contributed by atoms with E-state index in [-0.39, 0.29) is 0 Å². The van der Waals surface area contributed by atoms with Gasteiger partial charge >= 0.3 is 5.97 Å². The number of hydrogen-bond donors (Lipinski definition) is 1. The summed E-state index contributed by atoms with van der Waals surface area (Å²) in [4.78, 5) is 10.0. The first-order valence-electron chi connectivity index (χ1n) is 4.01. The maximum absolute atomic E-state index is 10.0. The molecule has 2 nitrogen and oxygen atoms in total. The lowest BCUT2D eigenvalue weighted by atomic mass is 10.3. The molecule has 0 atom stereocenters. The lowest BCUT2D eigenvalue weighted by Gasteiger charge is -1.79. The average Bonchev–Trinajstić information content (AvgIpc) is 2.01. The Morgan fingerprint density at radius 2 is 1.54 bits per heavy atom. The van der Waals surface area contributed by atoms with Crippen molar-refractivity contribution in [2.24, 2.45) is 0 Å². The van der Waals surface area contributed by atoms with Crippen LogP contribution in [0.3, 0.4) is 0 Å². The molecule has 0 aromatic rings. The highest BCUT2D eigenvalue weighted by molar-refractivity contribution is 5.80. The van der Waals surface area contributed by atoms with Crippen LogP contribution in [0.4, 0.5) is 0 Å². The van der Waals surface area contributed by atoms with Crippen LogP contribution in [0.25, 0.3) is 0 Å². The minimum atomic E-state index is -0.932. The van der Waals surface area contributed by atoms with Crippen LogP contribution in [0.1, 0.15) is 13.8 Å². The Morgan fingerprint density at radius 1 is 1.00 bits per heavy atom. The van der Waals surface area contributed by atoms with Crippen LogP contribution in [0.5, 0.6) is 0 Å². The van der Waals surface area contributed by atoms with Crippen molar-refractivity contribution in [2.75, 3.05) is 0 Å². The molecular weight excluding hydrogens is 164 g/mol. The Morgan fingerprint density at radius 3 is 2.08 bits per heavy atom. The summed E-state index contributed by atoms with van der Waals surface area (Å²) in [6.07, 6.45) is 11.7. The van der Waals surface area contributed by atoms with E-state index in [0.29, 0.717) is 0 Å². The van der Waals surface area contributed by atoms with Crippen molar-refractivity contribution in [1.29, 1.82) is 0 Å². The van der Waals surface area contributed by atoms with E-state index < -0.39 is 5.97 Å². The quantitative estimate of drug-likeness (QED) is 0.531. The molecule has 1 N–H and O–H groups in total. The van der Waals surface area contributed by atoms with Crippen molar-refractivity contribution < 1.29 is 9.90 Å². The van der Waals surface area contributed by atoms with Gasteiger partial charge < -0.3 is 5.11 Å². The summed E-state index contributed by atoms with van der Waals surface area (Å²) < 4.78 is 0. The van der Waals surface area contributed by atoms with Gasteiger partial charge in [-0.15, -0.1) is 0 Å². The summed E-state index contributed by atoms with van der Waals surface area (Å²) >= 11 is 0. The highest BCUT2D eigenvalue weighted by atomic mass is 16.4. The van der Waals surface area contributed by atoms with Crippen LogP contribution in [0, 0.1) is 0 Å². The van der Waals surface area contributed by atoms with Gasteiger partial charge in [0.25, 0.3) is 0 Å². The third-order valence-electron chi connectivity index (χ3n) is 1.11. The van der Waals surface area contributed by atoms with E-state index in [2.05, 4.69) is 0 Å². The van der Waals surface area contributed by atoms with Crippen LogP contribution >= 0.6 is 0 Å². The predicted octanol–water partition coefficient (Wildman–Crippen LogP) is 2.71. The molecular formula is C11H14O2. The molecule has 0 unspecified atom stereocenters. The fourth-order valence-electron chi connectivity index (χ4n) is 0.578. The van der Waals surface area contributed by atoms with Gasteiger partial charge in [0, 0.05) is 6.08 Å². The van der Waals surface area contributed by atoms with Crippen molar-refractivity contribution in [3.63, 3.8) is 0 Å². The number of allylic oxidation sites excluding steroid dienone is 7. The number of carboxylic acid groups (broad SMARTS) is 1. The van der Waals surface area contributed by atoms with E-state index in [1.54, 1.807) is 12.2 Å². The molecule has 0 bridgehead atoms. The molecule has 0 aromatic heterocycles. The highest BCUT2D eigenvalue weighted by Crippen LogP contribution is 1.89. The summed E-state index contributed by atoms with van der Waals surface area (Å²) in [6.45, 7) is 4.02. The Bertz CT molecular complexity index is 264. The number of carboxylic acids is 1. The topological polar surface area (TPSA) is 37.3 Å². The second kappa shape index (κ2) is 7.10. The lowest BCUT2D eigenvalue weighted by Crippen LogP contribution is -1.84. The van der Waals surface area contributed by atoms with Crippen molar-refractivity contribution >= 4 is 5.97 Å². The summed E-state index contributed by atoms with van der Waals surface area (Å²) in [6, 6.07) is 0. The third-order valence-corrected chi connectivity index (χ3v) is 1.11. The Kier molecular flexibility index (Phi) is 6.24. The van der Waals surface area contributed by atoms with E-state index in [1.165, 1.54) is 11.6 Å². The van der Waals surface area contributed by atoms with Crippen LogP contribution in [-0.4, -0.2) is 11.1 Å². The normalized spacial score (nSPS) is 11.5. The van der Waals surface area contributed by atoms with Gasteiger partial charge in [-0.3, -0.25) is 0 Å². The molecule has 13 heavy (non-hydrogen) atoms. The van der Waals surface area contributed by atoms with E-state index >= 15 is 0 Å². The second-order valence-corrected chi connectivity index (χ2v) is 2.71. The monoisotopic (exact) mass is 178 g/mol. The summed E-state index contributed by atoms with van der Waals surface area (Å²) in [5, 5.41) is 8.24. The van der Waals surface area contributed by atoms with Gasteiger partial charge in [0.15, 0.2) is 0 Å². The third kappa shape index (κ3) is 10.4. The van der Waals surface area contributed by atoms with E-state index in [4.69, 9.17) is 5.11 Å². The fourth-order valence-corrected chi connectivity index (χ4v) is 0.578. The molecule has 0 fully saturated rings. The minimum absolute atomic E-state index is 0.932. The van der Waals surface area contributed by atoms with Gasteiger partial charge in [-0.25, -0.2) is 4.79 Å². The molecule has 2 heteroatoms. The molecule has 0 heterocycles. The van der Waals surface area contributed by atoms with E-state index in [9.17, 15) is 4.79 Å². The Hall–Kier alpha value is -1.57. The summed E-state index contributed by atoms with van der Waals surface area (Å²) in [5.41, 5.74) is 1.23. The highest BCUT2D eigenvalue weighted by Gasteiger charge is 1.79. The zero-order valence-corrected chi connectivity index (χ0v) is 7.90. The molecule has 0 aliphatic carbocycles.